The van der Waals surface area contributed by atoms with E-state index in [9.17, 15) is 4.79 Å². The molecular weight excluding hydrogens is 236 g/mol. The average molecular weight is 258 g/mol. The number of H-pyrrole nitrogens is 1. The highest BCUT2D eigenvalue weighted by Gasteiger charge is 2.34. The van der Waals surface area contributed by atoms with Crippen molar-refractivity contribution >= 4 is 16.8 Å². The van der Waals surface area contributed by atoms with Gasteiger partial charge in [0, 0.05) is 22.6 Å². The third-order valence-electron chi connectivity index (χ3n) is 3.51. The second kappa shape index (κ2) is 4.72. The fraction of sp³-hybridized carbons (Fsp3) is 0.438. The maximum atomic E-state index is 12.4. The Hall–Kier alpha value is -1.77. The van der Waals surface area contributed by atoms with Gasteiger partial charge < -0.3 is 10.3 Å². The summed E-state index contributed by atoms with van der Waals surface area (Å²) < 4.78 is 0. The molecule has 0 fully saturated rings. The number of nitrogens with one attached hydrogen (secondary N) is 2. The third kappa shape index (κ3) is 2.37. The van der Waals surface area contributed by atoms with Crippen molar-refractivity contribution in [3.63, 3.8) is 0 Å². The summed E-state index contributed by atoms with van der Waals surface area (Å²) in [5.74, 6) is 0.0651. The van der Waals surface area contributed by atoms with E-state index in [0.717, 1.165) is 22.2 Å². The van der Waals surface area contributed by atoms with Crippen LogP contribution in [-0.2, 0) is 10.2 Å². The SMILES string of the molecule is Cc1[nH]c2ccccc2c1C(C)(C)C(=O)NC(C)C. The van der Waals surface area contributed by atoms with E-state index in [1.165, 1.54) is 0 Å². The summed E-state index contributed by atoms with van der Waals surface area (Å²) in [5.41, 5.74) is 2.68. The molecule has 102 valence electrons. The van der Waals surface area contributed by atoms with E-state index in [1.54, 1.807) is 0 Å². The molecule has 1 aromatic carbocycles. The van der Waals surface area contributed by atoms with Gasteiger partial charge in [0.15, 0.2) is 0 Å². The van der Waals surface area contributed by atoms with E-state index in [4.69, 9.17) is 0 Å². The minimum atomic E-state index is -0.548. The molecule has 0 aliphatic heterocycles. The number of hydrogen-bond acceptors (Lipinski definition) is 1. The number of rotatable bonds is 3. The Morgan fingerprint density at radius 1 is 1.26 bits per heavy atom. The molecule has 1 aromatic heterocycles. The van der Waals surface area contributed by atoms with E-state index in [-0.39, 0.29) is 11.9 Å². The zero-order chi connectivity index (χ0) is 14.2. The molecule has 1 heterocycles. The van der Waals surface area contributed by atoms with Crippen molar-refractivity contribution in [2.45, 2.75) is 46.1 Å². The van der Waals surface area contributed by atoms with E-state index < -0.39 is 5.41 Å². The van der Waals surface area contributed by atoms with E-state index in [2.05, 4.69) is 16.4 Å². The van der Waals surface area contributed by atoms with Crippen LogP contribution in [0.1, 0.15) is 39.0 Å². The molecule has 0 unspecified atom stereocenters. The monoisotopic (exact) mass is 258 g/mol. The number of fused-ring (bicyclic) bond motifs is 1. The van der Waals surface area contributed by atoms with Gasteiger partial charge in [-0.05, 0) is 46.2 Å². The molecule has 3 heteroatoms. The van der Waals surface area contributed by atoms with Gasteiger partial charge in [0.05, 0.1) is 5.41 Å². The molecular formula is C16H22N2O. The number of benzene rings is 1. The lowest BCUT2D eigenvalue weighted by atomic mass is 9.81. The molecule has 0 saturated heterocycles. The second-order valence-corrected chi connectivity index (χ2v) is 5.92. The van der Waals surface area contributed by atoms with Crippen LogP contribution < -0.4 is 5.32 Å². The summed E-state index contributed by atoms with van der Waals surface area (Å²) in [4.78, 5) is 15.8. The van der Waals surface area contributed by atoms with Crippen LogP contribution in [-0.4, -0.2) is 16.9 Å². The van der Waals surface area contributed by atoms with Gasteiger partial charge in [-0.1, -0.05) is 18.2 Å². The van der Waals surface area contributed by atoms with Gasteiger partial charge in [-0.25, -0.2) is 0 Å². The standard InChI is InChI=1S/C16H22N2O/c1-10(2)17-15(19)16(4,5)14-11(3)18-13-9-7-6-8-12(13)14/h6-10,18H,1-5H3,(H,17,19). The molecule has 2 rings (SSSR count). The molecule has 0 radical (unpaired) electrons. The Balaban J connectivity index is 2.53. The summed E-state index contributed by atoms with van der Waals surface area (Å²) in [6, 6.07) is 8.27. The van der Waals surface area contributed by atoms with Gasteiger partial charge >= 0.3 is 0 Å². The van der Waals surface area contributed by atoms with Crippen molar-refractivity contribution < 1.29 is 4.79 Å². The number of aryl methyl sites for hydroxylation is 1. The van der Waals surface area contributed by atoms with Crippen molar-refractivity contribution in [2.24, 2.45) is 0 Å². The van der Waals surface area contributed by atoms with Gasteiger partial charge in [-0.15, -0.1) is 0 Å². The smallest absolute Gasteiger partial charge is 0.230 e. The van der Waals surface area contributed by atoms with Crippen molar-refractivity contribution in [3.05, 3.63) is 35.5 Å². The Morgan fingerprint density at radius 2 is 1.89 bits per heavy atom. The molecule has 0 bridgehead atoms. The zero-order valence-electron chi connectivity index (χ0n) is 12.3. The maximum Gasteiger partial charge on any atom is 0.230 e. The lowest BCUT2D eigenvalue weighted by Crippen LogP contribution is -2.43. The van der Waals surface area contributed by atoms with Gasteiger partial charge in [-0.2, -0.15) is 0 Å². The predicted octanol–water partition coefficient (Wildman–Crippen LogP) is 3.28. The molecule has 0 atom stereocenters. The second-order valence-electron chi connectivity index (χ2n) is 5.92. The summed E-state index contributed by atoms with van der Waals surface area (Å²) in [6.07, 6.45) is 0. The summed E-state index contributed by atoms with van der Waals surface area (Å²) in [6.45, 7) is 9.95. The van der Waals surface area contributed by atoms with Crippen LogP contribution in [0.5, 0.6) is 0 Å². The number of carbonyl (C=O) groups excluding carboxylic acids is 1. The first-order valence-corrected chi connectivity index (χ1v) is 6.72. The fourth-order valence-corrected chi connectivity index (χ4v) is 2.64. The summed E-state index contributed by atoms with van der Waals surface area (Å²) in [7, 11) is 0. The van der Waals surface area contributed by atoms with Crippen molar-refractivity contribution in [1.82, 2.24) is 10.3 Å². The van der Waals surface area contributed by atoms with Crippen LogP contribution in [0.25, 0.3) is 10.9 Å². The number of para-hydroxylation sites is 1. The molecule has 0 aliphatic carbocycles. The van der Waals surface area contributed by atoms with Crippen molar-refractivity contribution in [1.29, 1.82) is 0 Å². The molecule has 0 saturated carbocycles. The van der Waals surface area contributed by atoms with Crippen molar-refractivity contribution in [2.75, 3.05) is 0 Å². The van der Waals surface area contributed by atoms with Gasteiger partial charge in [-0.3, -0.25) is 4.79 Å². The average Bonchev–Trinajstić information content (AvgIpc) is 2.64. The lowest BCUT2D eigenvalue weighted by molar-refractivity contribution is -0.126. The first kappa shape index (κ1) is 13.7. The van der Waals surface area contributed by atoms with Crippen LogP contribution in [0.15, 0.2) is 24.3 Å². The Labute approximate surface area is 114 Å². The van der Waals surface area contributed by atoms with Crippen molar-refractivity contribution in [3.8, 4) is 0 Å². The minimum Gasteiger partial charge on any atom is -0.358 e. The number of hydrogen-bond donors (Lipinski definition) is 2. The van der Waals surface area contributed by atoms with E-state index in [1.807, 2.05) is 52.8 Å². The Bertz CT molecular complexity index is 608. The highest BCUT2D eigenvalue weighted by Crippen LogP contribution is 2.33. The predicted molar refractivity (Wildman–Crippen MR) is 79.3 cm³/mol. The Morgan fingerprint density at radius 3 is 2.53 bits per heavy atom. The van der Waals surface area contributed by atoms with Crippen LogP contribution in [0.3, 0.4) is 0 Å². The van der Waals surface area contributed by atoms with Crippen LogP contribution in [0, 0.1) is 6.92 Å². The summed E-state index contributed by atoms with van der Waals surface area (Å²) >= 11 is 0. The number of amides is 1. The number of aromatic nitrogens is 1. The van der Waals surface area contributed by atoms with Gasteiger partial charge in [0.2, 0.25) is 5.91 Å². The quantitative estimate of drug-likeness (QED) is 0.872. The largest absolute Gasteiger partial charge is 0.358 e. The molecule has 0 aliphatic rings. The zero-order valence-corrected chi connectivity index (χ0v) is 12.3. The topological polar surface area (TPSA) is 44.9 Å². The molecule has 3 nitrogen and oxygen atoms in total. The normalized spacial score (nSPS) is 12.1. The summed E-state index contributed by atoms with van der Waals surface area (Å²) in [5, 5.41) is 4.14. The number of carbonyl (C=O) groups is 1. The van der Waals surface area contributed by atoms with Crippen LogP contribution >= 0.6 is 0 Å². The highest BCUT2D eigenvalue weighted by molar-refractivity contribution is 5.95. The first-order valence-electron chi connectivity index (χ1n) is 6.72. The molecule has 2 aromatic rings. The van der Waals surface area contributed by atoms with Gasteiger partial charge in [0.1, 0.15) is 0 Å². The first-order chi connectivity index (χ1) is 8.84. The third-order valence-corrected chi connectivity index (χ3v) is 3.51. The minimum absolute atomic E-state index is 0.0651. The molecule has 0 spiro atoms. The number of aromatic amines is 1. The highest BCUT2D eigenvalue weighted by atomic mass is 16.2. The maximum absolute atomic E-state index is 12.4. The van der Waals surface area contributed by atoms with E-state index >= 15 is 0 Å². The van der Waals surface area contributed by atoms with Crippen LogP contribution in [0.2, 0.25) is 0 Å². The lowest BCUT2D eigenvalue weighted by Gasteiger charge is -2.26. The van der Waals surface area contributed by atoms with E-state index in [0.29, 0.717) is 0 Å². The molecule has 2 N–H and O–H groups in total. The molecule has 19 heavy (non-hydrogen) atoms. The molecule has 1 amide bonds. The van der Waals surface area contributed by atoms with Crippen LogP contribution in [0.4, 0.5) is 0 Å². The fourth-order valence-electron chi connectivity index (χ4n) is 2.64. The van der Waals surface area contributed by atoms with Gasteiger partial charge in [0.25, 0.3) is 0 Å². The Kier molecular flexibility index (Phi) is 3.40.